The third-order valence-electron chi connectivity index (χ3n) is 3.17. The summed E-state index contributed by atoms with van der Waals surface area (Å²) in [5.74, 6) is -1.25. The topological polar surface area (TPSA) is 98.5 Å². The summed E-state index contributed by atoms with van der Waals surface area (Å²) in [6, 6.07) is 3.41. The molecule has 0 saturated carbocycles. The average molecular weight is 371 g/mol. The monoisotopic (exact) mass is 370 g/mol. The first-order valence-electron chi connectivity index (χ1n) is 7.73. The molecular formula is C17H23ClN2O5. The molecule has 25 heavy (non-hydrogen) atoms. The van der Waals surface area contributed by atoms with Crippen molar-refractivity contribution in [2.24, 2.45) is 5.41 Å². The largest absolute Gasteiger partial charge is 0.452 e. The Morgan fingerprint density at radius 1 is 1.24 bits per heavy atom. The van der Waals surface area contributed by atoms with E-state index in [2.05, 4.69) is 26.1 Å². The molecule has 0 saturated heterocycles. The van der Waals surface area contributed by atoms with Crippen LogP contribution < -0.4 is 5.32 Å². The van der Waals surface area contributed by atoms with Gasteiger partial charge in [0.05, 0.1) is 15.5 Å². The maximum Gasteiger partial charge on any atom is 0.340 e. The maximum atomic E-state index is 12.0. The van der Waals surface area contributed by atoms with Crippen molar-refractivity contribution in [2.45, 2.75) is 46.6 Å². The highest BCUT2D eigenvalue weighted by molar-refractivity contribution is 6.33. The summed E-state index contributed by atoms with van der Waals surface area (Å²) in [6.07, 6.45) is 0.744. The molecule has 138 valence electrons. The summed E-state index contributed by atoms with van der Waals surface area (Å²) >= 11 is 5.86. The minimum absolute atomic E-state index is 0.0275. The molecule has 1 aromatic carbocycles. The number of nitro benzene ring substituents is 1. The molecule has 0 aliphatic heterocycles. The zero-order valence-corrected chi connectivity index (χ0v) is 15.8. The van der Waals surface area contributed by atoms with Gasteiger partial charge in [0.2, 0.25) is 0 Å². The van der Waals surface area contributed by atoms with E-state index in [-0.39, 0.29) is 21.7 Å². The molecule has 0 heterocycles. The van der Waals surface area contributed by atoms with E-state index < -0.39 is 28.9 Å². The number of rotatable bonds is 6. The van der Waals surface area contributed by atoms with E-state index in [0.29, 0.717) is 0 Å². The number of non-ortho nitro benzene ring substituents is 1. The van der Waals surface area contributed by atoms with Crippen LogP contribution in [0.4, 0.5) is 5.69 Å². The van der Waals surface area contributed by atoms with Gasteiger partial charge in [0.25, 0.3) is 11.6 Å². The van der Waals surface area contributed by atoms with E-state index in [0.717, 1.165) is 18.6 Å². The Morgan fingerprint density at radius 3 is 2.32 bits per heavy atom. The number of nitrogens with one attached hydrogen (secondary N) is 1. The van der Waals surface area contributed by atoms with Gasteiger partial charge < -0.3 is 10.1 Å². The van der Waals surface area contributed by atoms with Gasteiger partial charge in [-0.05, 0) is 31.7 Å². The summed E-state index contributed by atoms with van der Waals surface area (Å²) in [6.45, 7) is 9.53. The first-order valence-corrected chi connectivity index (χ1v) is 8.11. The molecule has 0 aliphatic carbocycles. The second-order valence-electron chi connectivity index (χ2n) is 7.67. The summed E-state index contributed by atoms with van der Waals surface area (Å²) in [7, 11) is 0. The van der Waals surface area contributed by atoms with Gasteiger partial charge in [-0.3, -0.25) is 14.9 Å². The van der Waals surface area contributed by atoms with E-state index in [9.17, 15) is 19.7 Å². The third-order valence-corrected chi connectivity index (χ3v) is 3.48. The van der Waals surface area contributed by atoms with Crippen LogP contribution in [0.1, 0.15) is 51.4 Å². The lowest BCUT2D eigenvalue weighted by Gasteiger charge is -2.33. The first-order chi connectivity index (χ1) is 11.3. The summed E-state index contributed by atoms with van der Waals surface area (Å²) in [4.78, 5) is 34.0. The van der Waals surface area contributed by atoms with Gasteiger partial charge >= 0.3 is 5.97 Å². The fourth-order valence-electron chi connectivity index (χ4n) is 2.78. The van der Waals surface area contributed by atoms with E-state index in [1.807, 2.05) is 13.8 Å². The molecule has 8 heteroatoms. The van der Waals surface area contributed by atoms with Gasteiger partial charge in [0, 0.05) is 17.7 Å². The molecule has 0 bridgehead atoms. The Kier molecular flexibility index (Phi) is 6.54. The van der Waals surface area contributed by atoms with Crippen LogP contribution in [0.15, 0.2) is 18.2 Å². The molecule has 0 atom stereocenters. The summed E-state index contributed by atoms with van der Waals surface area (Å²) in [5, 5.41) is 13.4. The zero-order chi connectivity index (χ0) is 19.4. The molecule has 0 spiro atoms. The normalized spacial score (nSPS) is 11.8. The number of carbonyl (C=O) groups excluding carboxylic acids is 2. The quantitative estimate of drug-likeness (QED) is 0.467. The number of amides is 1. The SMILES string of the molecule is CC(C)(C)CC(C)(C)NC(=O)COC(=O)c1ccc([N+](=O)[O-])cc1Cl. The minimum atomic E-state index is -0.816. The van der Waals surface area contributed by atoms with Gasteiger partial charge in [-0.2, -0.15) is 0 Å². The second kappa shape index (κ2) is 7.82. The Hall–Kier alpha value is -2.15. The van der Waals surface area contributed by atoms with Crippen LogP contribution in [-0.2, 0) is 9.53 Å². The summed E-state index contributed by atoms with van der Waals surface area (Å²) < 4.78 is 4.94. The number of ether oxygens (including phenoxy) is 1. The predicted molar refractivity (Wildman–Crippen MR) is 94.7 cm³/mol. The molecule has 1 rings (SSSR count). The predicted octanol–water partition coefficient (Wildman–Crippen LogP) is 3.74. The standard InChI is InChI=1S/C17H23ClN2O5/c1-16(2,3)10-17(4,5)19-14(21)9-25-15(22)12-7-6-11(20(23)24)8-13(12)18/h6-8H,9-10H2,1-5H3,(H,19,21). The third kappa shape index (κ3) is 7.09. The minimum Gasteiger partial charge on any atom is -0.452 e. The molecule has 0 fully saturated rings. The lowest BCUT2D eigenvalue weighted by atomic mass is 9.82. The number of benzene rings is 1. The van der Waals surface area contributed by atoms with Crippen molar-refractivity contribution in [3.8, 4) is 0 Å². The molecule has 1 aromatic rings. The number of nitrogens with zero attached hydrogens (tertiary/aromatic N) is 1. The van der Waals surface area contributed by atoms with Gasteiger partial charge in [0.1, 0.15) is 0 Å². The lowest BCUT2D eigenvalue weighted by Crippen LogP contribution is -2.47. The highest BCUT2D eigenvalue weighted by Gasteiger charge is 2.27. The van der Waals surface area contributed by atoms with Crippen molar-refractivity contribution in [2.75, 3.05) is 6.61 Å². The second-order valence-corrected chi connectivity index (χ2v) is 8.07. The van der Waals surface area contributed by atoms with Crippen LogP contribution in [0.25, 0.3) is 0 Å². The number of esters is 1. The Morgan fingerprint density at radius 2 is 1.84 bits per heavy atom. The average Bonchev–Trinajstić information content (AvgIpc) is 2.41. The van der Waals surface area contributed by atoms with Crippen LogP contribution in [0.5, 0.6) is 0 Å². The molecular weight excluding hydrogens is 348 g/mol. The fraction of sp³-hybridized carbons (Fsp3) is 0.529. The van der Waals surface area contributed by atoms with Crippen molar-refractivity contribution < 1.29 is 19.2 Å². The zero-order valence-electron chi connectivity index (χ0n) is 15.0. The highest BCUT2D eigenvalue weighted by atomic mass is 35.5. The van der Waals surface area contributed by atoms with Crippen molar-refractivity contribution >= 4 is 29.2 Å². The Bertz CT molecular complexity index is 680. The van der Waals surface area contributed by atoms with Crippen LogP contribution in [0, 0.1) is 15.5 Å². The highest BCUT2D eigenvalue weighted by Crippen LogP contribution is 2.27. The van der Waals surface area contributed by atoms with E-state index >= 15 is 0 Å². The van der Waals surface area contributed by atoms with Crippen molar-refractivity contribution in [1.29, 1.82) is 0 Å². The van der Waals surface area contributed by atoms with E-state index in [1.165, 1.54) is 6.07 Å². The smallest absolute Gasteiger partial charge is 0.340 e. The number of hydrogen-bond acceptors (Lipinski definition) is 5. The summed E-state index contributed by atoms with van der Waals surface area (Å²) in [5.41, 5.74) is -0.691. The maximum absolute atomic E-state index is 12.0. The van der Waals surface area contributed by atoms with E-state index in [1.54, 1.807) is 0 Å². The van der Waals surface area contributed by atoms with Crippen molar-refractivity contribution in [3.05, 3.63) is 38.9 Å². The molecule has 0 radical (unpaired) electrons. The van der Waals surface area contributed by atoms with Gasteiger partial charge in [0.15, 0.2) is 6.61 Å². The van der Waals surface area contributed by atoms with Gasteiger partial charge in [-0.15, -0.1) is 0 Å². The van der Waals surface area contributed by atoms with Crippen LogP contribution in [-0.4, -0.2) is 28.9 Å². The van der Waals surface area contributed by atoms with Crippen molar-refractivity contribution in [1.82, 2.24) is 5.32 Å². The number of halogens is 1. The fourth-order valence-corrected chi connectivity index (χ4v) is 3.03. The number of nitro groups is 1. The number of hydrogen-bond donors (Lipinski definition) is 1. The Labute approximate surface area is 151 Å². The molecule has 1 N–H and O–H groups in total. The molecule has 1 amide bonds. The lowest BCUT2D eigenvalue weighted by molar-refractivity contribution is -0.384. The van der Waals surface area contributed by atoms with Gasteiger partial charge in [-0.25, -0.2) is 4.79 Å². The van der Waals surface area contributed by atoms with Crippen LogP contribution in [0.3, 0.4) is 0 Å². The molecule has 7 nitrogen and oxygen atoms in total. The number of carbonyl (C=O) groups is 2. The molecule has 0 aromatic heterocycles. The van der Waals surface area contributed by atoms with Crippen molar-refractivity contribution in [3.63, 3.8) is 0 Å². The van der Waals surface area contributed by atoms with Gasteiger partial charge in [-0.1, -0.05) is 32.4 Å². The van der Waals surface area contributed by atoms with E-state index in [4.69, 9.17) is 16.3 Å². The Balaban J connectivity index is 2.64. The van der Waals surface area contributed by atoms with Crippen LogP contribution >= 0.6 is 11.6 Å². The molecule has 0 unspecified atom stereocenters. The van der Waals surface area contributed by atoms with Crippen LogP contribution in [0.2, 0.25) is 5.02 Å². The first kappa shape index (κ1) is 20.9. The molecule has 0 aliphatic rings.